The van der Waals surface area contributed by atoms with Crippen molar-refractivity contribution in [1.29, 1.82) is 0 Å². The number of methoxy groups -OCH3 is 1. The van der Waals surface area contributed by atoms with Crippen molar-refractivity contribution in [3.63, 3.8) is 0 Å². The normalized spacial score (nSPS) is 22.8. The van der Waals surface area contributed by atoms with Gasteiger partial charge in [0.2, 0.25) is 17.7 Å². The fraction of sp³-hybridized carbons (Fsp3) is 0.179. The van der Waals surface area contributed by atoms with Crippen LogP contribution in [0.5, 0.6) is 5.75 Å². The first-order valence-corrected chi connectivity index (χ1v) is 12.5. The fourth-order valence-electron chi connectivity index (χ4n) is 5.79. The van der Waals surface area contributed by atoms with Crippen LogP contribution in [0, 0.1) is 22.0 Å². The number of rotatable bonds is 5. The lowest BCUT2D eigenvalue weighted by atomic mass is 9.84. The number of fused-ring (bicyclic) bond motifs is 5. The summed E-state index contributed by atoms with van der Waals surface area (Å²) in [5.41, 5.74) is 1.92. The number of carbonyl (C=O) groups is 3. The Kier molecular flexibility index (Phi) is 5.84. The fourth-order valence-corrected chi connectivity index (χ4v) is 5.98. The van der Waals surface area contributed by atoms with Gasteiger partial charge in [-0.25, -0.2) is 4.90 Å². The highest BCUT2D eigenvalue weighted by Crippen LogP contribution is 2.53. The summed E-state index contributed by atoms with van der Waals surface area (Å²) in [5.74, 6) is -2.68. The Morgan fingerprint density at radius 2 is 1.74 bits per heavy atom. The van der Waals surface area contributed by atoms with Crippen LogP contribution in [-0.4, -0.2) is 40.7 Å². The second-order valence-electron chi connectivity index (χ2n) is 9.46. The number of carbonyl (C=O) groups excluding carboxylic acids is 3. The van der Waals surface area contributed by atoms with Crippen molar-refractivity contribution in [2.45, 2.75) is 12.1 Å². The number of hydrogen-bond acceptors (Lipinski definition) is 7. The number of nitrogens with one attached hydrogen (secondary N) is 1. The third kappa shape index (κ3) is 3.83. The highest BCUT2D eigenvalue weighted by molar-refractivity contribution is 6.32. The molecule has 0 aliphatic carbocycles. The van der Waals surface area contributed by atoms with Crippen LogP contribution in [0.15, 0.2) is 72.9 Å². The Morgan fingerprint density at radius 3 is 2.46 bits per heavy atom. The van der Waals surface area contributed by atoms with Crippen LogP contribution in [0.4, 0.5) is 17.1 Å². The molecule has 2 fully saturated rings. The molecule has 2 saturated heterocycles. The van der Waals surface area contributed by atoms with Crippen LogP contribution in [0.25, 0.3) is 6.08 Å². The van der Waals surface area contributed by atoms with Crippen molar-refractivity contribution in [3.05, 3.63) is 99.2 Å². The van der Waals surface area contributed by atoms with Crippen molar-refractivity contribution in [2.75, 3.05) is 17.3 Å². The zero-order chi connectivity index (χ0) is 27.4. The molecule has 39 heavy (non-hydrogen) atoms. The van der Waals surface area contributed by atoms with Gasteiger partial charge >= 0.3 is 0 Å². The number of benzene rings is 3. The average molecular weight is 545 g/mol. The van der Waals surface area contributed by atoms with Gasteiger partial charge in [-0.3, -0.25) is 24.5 Å². The number of ether oxygens (including phenoxy) is 1. The zero-order valence-electron chi connectivity index (χ0n) is 20.5. The van der Waals surface area contributed by atoms with E-state index < -0.39 is 46.6 Å². The quantitative estimate of drug-likeness (QED) is 0.287. The lowest BCUT2D eigenvalue weighted by Crippen LogP contribution is -2.46. The first-order chi connectivity index (χ1) is 18.8. The maximum atomic E-state index is 13.9. The van der Waals surface area contributed by atoms with E-state index in [4.69, 9.17) is 16.3 Å². The van der Waals surface area contributed by atoms with E-state index >= 15 is 0 Å². The molecule has 0 unspecified atom stereocenters. The molecule has 0 spiro atoms. The topological polar surface area (TPSA) is 122 Å². The van der Waals surface area contributed by atoms with Gasteiger partial charge in [0.05, 0.1) is 35.6 Å². The molecule has 0 aromatic heterocycles. The highest BCUT2D eigenvalue weighted by atomic mass is 35.5. The molecule has 4 atom stereocenters. The molecular weight excluding hydrogens is 524 g/mol. The monoisotopic (exact) mass is 544 g/mol. The second-order valence-corrected chi connectivity index (χ2v) is 9.86. The van der Waals surface area contributed by atoms with E-state index in [-0.39, 0.29) is 16.4 Å². The molecule has 1 N–H and O–H groups in total. The molecule has 6 rings (SSSR count). The van der Waals surface area contributed by atoms with Crippen molar-refractivity contribution < 1.29 is 24.0 Å². The first-order valence-electron chi connectivity index (χ1n) is 12.1. The minimum Gasteiger partial charge on any atom is -0.497 e. The van der Waals surface area contributed by atoms with Gasteiger partial charge in [0.1, 0.15) is 16.8 Å². The summed E-state index contributed by atoms with van der Waals surface area (Å²) in [5, 5.41) is 14.0. The predicted molar refractivity (Wildman–Crippen MR) is 143 cm³/mol. The number of halogens is 1. The van der Waals surface area contributed by atoms with E-state index in [1.54, 1.807) is 35.4 Å². The summed E-state index contributed by atoms with van der Waals surface area (Å²) in [6.07, 6.45) is 3.58. The molecule has 3 aromatic carbocycles. The minimum absolute atomic E-state index is 0.0683. The van der Waals surface area contributed by atoms with Crippen LogP contribution in [0.1, 0.15) is 17.2 Å². The number of nitro groups is 1. The van der Waals surface area contributed by atoms with E-state index in [2.05, 4.69) is 5.32 Å². The summed E-state index contributed by atoms with van der Waals surface area (Å²) in [7, 11) is 1.52. The molecule has 3 aromatic rings. The van der Waals surface area contributed by atoms with Crippen LogP contribution in [0.3, 0.4) is 0 Å². The molecular formula is C28H21ClN4O6. The predicted octanol–water partition coefficient (Wildman–Crippen LogP) is 4.41. The number of nitrogens with zero attached hydrogens (tertiary/aromatic N) is 3. The van der Waals surface area contributed by atoms with Crippen LogP contribution in [-0.2, 0) is 14.4 Å². The van der Waals surface area contributed by atoms with Gasteiger partial charge in [0, 0.05) is 18.0 Å². The largest absolute Gasteiger partial charge is 0.497 e. The lowest BCUT2D eigenvalue weighted by Gasteiger charge is -2.35. The second kappa shape index (κ2) is 9.25. The molecule has 0 bridgehead atoms. The number of amides is 3. The van der Waals surface area contributed by atoms with Gasteiger partial charge in [0.25, 0.3) is 5.69 Å². The third-order valence-electron chi connectivity index (χ3n) is 7.47. The van der Waals surface area contributed by atoms with Crippen molar-refractivity contribution in [3.8, 4) is 5.75 Å². The van der Waals surface area contributed by atoms with Crippen LogP contribution < -0.4 is 15.0 Å². The number of nitro benzene ring substituents is 1. The Labute approximate surface area is 227 Å². The number of hydrogen-bond donors (Lipinski definition) is 1. The average Bonchev–Trinajstić information content (AvgIpc) is 3.42. The van der Waals surface area contributed by atoms with Crippen molar-refractivity contribution in [1.82, 2.24) is 4.90 Å². The molecule has 196 valence electrons. The van der Waals surface area contributed by atoms with E-state index in [1.807, 2.05) is 30.3 Å². The van der Waals surface area contributed by atoms with E-state index in [1.165, 1.54) is 19.2 Å². The summed E-state index contributed by atoms with van der Waals surface area (Å²) in [6.45, 7) is 0. The minimum atomic E-state index is -1.04. The summed E-state index contributed by atoms with van der Waals surface area (Å²) >= 11 is 5.93. The van der Waals surface area contributed by atoms with Gasteiger partial charge in [-0.2, -0.15) is 0 Å². The summed E-state index contributed by atoms with van der Waals surface area (Å²) in [4.78, 5) is 55.2. The van der Waals surface area contributed by atoms with Crippen LogP contribution >= 0.6 is 11.6 Å². The molecule has 0 radical (unpaired) electrons. The van der Waals surface area contributed by atoms with Gasteiger partial charge in [-0.05, 0) is 53.6 Å². The standard InChI is InChI=1S/C28H21ClN4O6/c1-39-18-9-7-17(8-10-18)32-27(35)22-23(28(32)36)25(31-13-12-15-4-2-3-5-19(15)24(22)31)26(34)30-16-6-11-20(29)21(14-16)33(37)38/h2-14,22-25H,1H3,(H,30,34)/t22-,23-,24+,25+/m1/s1. The Bertz CT molecular complexity index is 1570. The SMILES string of the molecule is COc1ccc(N2C(=O)[C@@H]3[C@@H](C2=O)[C@@H]2c4ccccc4C=CN2[C@@H]3C(=O)Nc2ccc(Cl)c([N+](=O)[O-])c2)cc1. The maximum Gasteiger partial charge on any atom is 0.289 e. The summed E-state index contributed by atoms with van der Waals surface area (Å²) in [6, 6.07) is 16.5. The lowest BCUT2D eigenvalue weighted by molar-refractivity contribution is -0.384. The van der Waals surface area contributed by atoms with Gasteiger partial charge in [-0.1, -0.05) is 35.9 Å². The van der Waals surface area contributed by atoms with E-state index in [0.29, 0.717) is 11.4 Å². The maximum absolute atomic E-state index is 13.9. The molecule has 10 nitrogen and oxygen atoms in total. The molecule has 3 heterocycles. The smallest absolute Gasteiger partial charge is 0.289 e. The number of anilines is 2. The Balaban J connectivity index is 1.41. The Hall–Kier alpha value is -4.70. The molecule has 11 heteroatoms. The highest BCUT2D eigenvalue weighted by Gasteiger charge is 2.64. The van der Waals surface area contributed by atoms with Crippen LogP contribution in [0.2, 0.25) is 5.02 Å². The van der Waals surface area contributed by atoms with Crippen molar-refractivity contribution in [2.24, 2.45) is 11.8 Å². The van der Waals surface area contributed by atoms with E-state index in [9.17, 15) is 24.5 Å². The van der Waals surface area contributed by atoms with Gasteiger partial charge in [-0.15, -0.1) is 0 Å². The zero-order valence-corrected chi connectivity index (χ0v) is 21.2. The summed E-state index contributed by atoms with van der Waals surface area (Å²) < 4.78 is 5.20. The number of imide groups is 1. The molecule has 3 amide bonds. The van der Waals surface area contributed by atoms with Crippen molar-refractivity contribution >= 4 is 52.5 Å². The molecule has 3 aliphatic rings. The Morgan fingerprint density at radius 1 is 1.03 bits per heavy atom. The molecule has 0 saturated carbocycles. The molecule has 3 aliphatic heterocycles. The van der Waals surface area contributed by atoms with Gasteiger partial charge < -0.3 is 15.0 Å². The van der Waals surface area contributed by atoms with E-state index in [0.717, 1.165) is 22.1 Å². The first kappa shape index (κ1) is 24.6. The van der Waals surface area contributed by atoms with Gasteiger partial charge in [0.15, 0.2) is 0 Å². The third-order valence-corrected chi connectivity index (χ3v) is 7.79.